The van der Waals surface area contributed by atoms with Gasteiger partial charge in [0, 0.05) is 29.5 Å². The van der Waals surface area contributed by atoms with Crippen LogP contribution in [-0.2, 0) is 0 Å². The minimum absolute atomic E-state index is 0.106. The Bertz CT molecular complexity index is 657. The van der Waals surface area contributed by atoms with E-state index in [-0.39, 0.29) is 5.91 Å². The number of hydrogen-bond acceptors (Lipinski definition) is 3. The maximum absolute atomic E-state index is 12.8. The van der Waals surface area contributed by atoms with Crippen LogP contribution in [-0.4, -0.2) is 36.7 Å². The average Bonchev–Trinajstić information content (AvgIpc) is 3.06. The number of benzene rings is 2. The molecule has 4 heteroatoms. The number of thioether (sulfide) groups is 1. The number of nitrogens with zero attached hydrogens (tertiary/aromatic N) is 1. The number of amides is 1. The molecule has 2 aromatic carbocycles. The number of rotatable bonds is 4. The topological polar surface area (TPSA) is 46.3 Å². The highest BCUT2D eigenvalue weighted by Crippen LogP contribution is 2.32. The van der Waals surface area contributed by atoms with E-state index in [1.54, 1.807) is 11.8 Å². The van der Waals surface area contributed by atoms with E-state index in [1.807, 2.05) is 41.5 Å². The fraction of sp³-hybridized carbons (Fsp3) is 0.316. The molecule has 0 bridgehead atoms. The third-order valence-electron chi connectivity index (χ3n) is 4.60. The lowest BCUT2D eigenvalue weighted by Gasteiger charge is -2.17. The monoisotopic (exact) mass is 326 g/mol. The van der Waals surface area contributed by atoms with Crippen molar-refractivity contribution in [2.45, 2.75) is 10.8 Å². The Labute approximate surface area is 141 Å². The summed E-state index contributed by atoms with van der Waals surface area (Å²) in [5.41, 5.74) is 7.99. The van der Waals surface area contributed by atoms with Gasteiger partial charge in [-0.3, -0.25) is 4.79 Å². The van der Waals surface area contributed by atoms with E-state index in [9.17, 15) is 4.79 Å². The second-order valence-electron chi connectivity index (χ2n) is 5.95. The van der Waals surface area contributed by atoms with Crippen molar-refractivity contribution < 1.29 is 4.79 Å². The molecule has 1 aliphatic heterocycles. The van der Waals surface area contributed by atoms with Gasteiger partial charge in [0.2, 0.25) is 0 Å². The highest BCUT2D eigenvalue weighted by atomic mass is 32.2. The van der Waals surface area contributed by atoms with Crippen LogP contribution in [0.3, 0.4) is 0 Å². The van der Waals surface area contributed by atoms with Crippen molar-refractivity contribution in [3.8, 4) is 0 Å². The van der Waals surface area contributed by atoms with Crippen molar-refractivity contribution in [3.05, 3.63) is 65.7 Å². The molecule has 0 aromatic heterocycles. The van der Waals surface area contributed by atoms with Crippen molar-refractivity contribution in [2.75, 3.05) is 25.9 Å². The number of nitrogens with two attached hydrogens (primary N) is 1. The lowest BCUT2D eigenvalue weighted by Crippen LogP contribution is -2.29. The predicted molar refractivity (Wildman–Crippen MR) is 95.9 cm³/mol. The van der Waals surface area contributed by atoms with E-state index in [0.29, 0.717) is 18.4 Å². The summed E-state index contributed by atoms with van der Waals surface area (Å²) in [4.78, 5) is 15.9. The molecule has 0 aliphatic carbocycles. The molecule has 1 fully saturated rings. The van der Waals surface area contributed by atoms with Gasteiger partial charge < -0.3 is 10.6 Å². The van der Waals surface area contributed by atoms with E-state index >= 15 is 0 Å². The zero-order chi connectivity index (χ0) is 16.2. The van der Waals surface area contributed by atoms with Crippen LogP contribution >= 0.6 is 11.8 Å². The smallest absolute Gasteiger partial charge is 0.253 e. The Morgan fingerprint density at radius 1 is 1.13 bits per heavy atom. The Kier molecular flexibility index (Phi) is 5.03. The summed E-state index contributed by atoms with van der Waals surface area (Å²) in [5.74, 6) is 0.761. The highest BCUT2D eigenvalue weighted by Gasteiger charge is 2.35. The van der Waals surface area contributed by atoms with Gasteiger partial charge in [-0.1, -0.05) is 30.3 Å². The molecule has 3 nitrogen and oxygen atoms in total. The summed E-state index contributed by atoms with van der Waals surface area (Å²) in [7, 11) is 0. The van der Waals surface area contributed by atoms with Crippen molar-refractivity contribution in [1.29, 1.82) is 0 Å². The van der Waals surface area contributed by atoms with Gasteiger partial charge in [0.1, 0.15) is 0 Å². The predicted octanol–water partition coefficient (Wildman–Crippen LogP) is 3.22. The Morgan fingerprint density at radius 2 is 1.83 bits per heavy atom. The molecular weight excluding hydrogens is 304 g/mol. The van der Waals surface area contributed by atoms with Gasteiger partial charge in [0.15, 0.2) is 0 Å². The Balaban J connectivity index is 1.77. The third kappa shape index (κ3) is 3.43. The van der Waals surface area contributed by atoms with Gasteiger partial charge in [-0.2, -0.15) is 0 Å². The molecule has 2 aromatic rings. The largest absolute Gasteiger partial charge is 0.338 e. The van der Waals surface area contributed by atoms with Crippen molar-refractivity contribution in [2.24, 2.45) is 11.7 Å². The molecule has 1 saturated heterocycles. The van der Waals surface area contributed by atoms with E-state index in [2.05, 4.69) is 24.3 Å². The lowest BCUT2D eigenvalue weighted by atomic mass is 9.89. The summed E-state index contributed by atoms with van der Waals surface area (Å²) < 4.78 is 0. The molecule has 23 heavy (non-hydrogen) atoms. The van der Waals surface area contributed by atoms with Crippen LogP contribution < -0.4 is 5.73 Å². The summed E-state index contributed by atoms with van der Waals surface area (Å²) in [6.07, 6.45) is 2.04. The highest BCUT2D eigenvalue weighted by molar-refractivity contribution is 7.98. The SMILES string of the molecule is CSc1ccc(C(=O)N2C[C@@H](CN)[C@H](c3ccccc3)C2)cc1. The molecule has 0 saturated carbocycles. The van der Waals surface area contributed by atoms with Crippen molar-refractivity contribution >= 4 is 17.7 Å². The second kappa shape index (κ2) is 7.20. The van der Waals surface area contributed by atoms with Gasteiger partial charge >= 0.3 is 0 Å². The first kappa shape index (κ1) is 16.1. The summed E-state index contributed by atoms with van der Waals surface area (Å²) in [5, 5.41) is 0. The normalized spacial score (nSPS) is 20.7. The minimum Gasteiger partial charge on any atom is -0.338 e. The van der Waals surface area contributed by atoms with E-state index < -0.39 is 0 Å². The summed E-state index contributed by atoms with van der Waals surface area (Å²) >= 11 is 1.68. The number of likely N-dealkylation sites (tertiary alicyclic amines) is 1. The number of carbonyl (C=O) groups excluding carboxylic acids is 1. The van der Waals surface area contributed by atoms with Gasteiger partial charge in [0.25, 0.3) is 5.91 Å². The van der Waals surface area contributed by atoms with Gasteiger partial charge in [-0.25, -0.2) is 0 Å². The Hall–Kier alpha value is -1.78. The van der Waals surface area contributed by atoms with Gasteiger partial charge in [-0.05, 0) is 48.5 Å². The van der Waals surface area contributed by atoms with Crippen molar-refractivity contribution in [3.63, 3.8) is 0 Å². The standard InChI is InChI=1S/C19H22N2OS/c1-23-17-9-7-15(8-10-17)19(22)21-12-16(11-20)18(13-21)14-5-3-2-4-6-14/h2-10,16,18H,11-13,20H2,1H3/t16-,18+/m1/s1. The zero-order valence-corrected chi connectivity index (χ0v) is 14.1. The molecule has 1 amide bonds. The summed E-state index contributed by atoms with van der Waals surface area (Å²) in [6.45, 7) is 2.09. The van der Waals surface area contributed by atoms with Gasteiger partial charge in [-0.15, -0.1) is 11.8 Å². The summed E-state index contributed by atoms with van der Waals surface area (Å²) in [6, 6.07) is 18.2. The van der Waals surface area contributed by atoms with Crippen LogP contribution in [0.15, 0.2) is 59.5 Å². The average molecular weight is 326 g/mol. The molecule has 0 spiro atoms. The molecule has 3 rings (SSSR count). The first-order valence-corrected chi connectivity index (χ1v) is 9.13. The zero-order valence-electron chi connectivity index (χ0n) is 13.3. The van der Waals surface area contributed by atoms with Crippen LogP contribution in [0.4, 0.5) is 0 Å². The van der Waals surface area contributed by atoms with Crippen LogP contribution in [0.1, 0.15) is 21.8 Å². The quantitative estimate of drug-likeness (QED) is 0.878. The molecular formula is C19H22N2OS. The van der Waals surface area contributed by atoms with E-state index in [4.69, 9.17) is 5.73 Å². The number of hydrogen-bond donors (Lipinski definition) is 1. The Morgan fingerprint density at radius 3 is 2.43 bits per heavy atom. The van der Waals surface area contributed by atoms with E-state index in [1.165, 1.54) is 10.5 Å². The second-order valence-corrected chi connectivity index (χ2v) is 6.83. The molecule has 2 atom stereocenters. The first-order valence-electron chi connectivity index (χ1n) is 7.91. The lowest BCUT2D eigenvalue weighted by molar-refractivity contribution is 0.0786. The molecule has 1 heterocycles. The maximum atomic E-state index is 12.8. The van der Waals surface area contributed by atoms with Crippen LogP contribution in [0.2, 0.25) is 0 Å². The van der Waals surface area contributed by atoms with Gasteiger partial charge in [0.05, 0.1) is 0 Å². The molecule has 2 N–H and O–H groups in total. The van der Waals surface area contributed by atoms with Crippen LogP contribution in [0.25, 0.3) is 0 Å². The number of carbonyl (C=O) groups is 1. The van der Waals surface area contributed by atoms with Crippen LogP contribution in [0.5, 0.6) is 0 Å². The minimum atomic E-state index is 0.106. The molecule has 1 aliphatic rings. The maximum Gasteiger partial charge on any atom is 0.253 e. The fourth-order valence-corrected chi connectivity index (χ4v) is 3.68. The van der Waals surface area contributed by atoms with E-state index in [0.717, 1.165) is 18.7 Å². The third-order valence-corrected chi connectivity index (χ3v) is 5.34. The molecule has 120 valence electrons. The molecule has 0 radical (unpaired) electrons. The fourth-order valence-electron chi connectivity index (χ4n) is 3.27. The van der Waals surface area contributed by atoms with Crippen LogP contribution in [0, 0.1) is 5.92 Å². The molecule has 0 unspecified atom stereocenters. The van der Waals surface area contributed by atoms with Crippen molar-refractivity contribution in [1.82, 2.24) is 4.90 Å². The first-order chi connectivity index (χ1) is 11.2.